The first-order valence-corrected chi connectivity index (χ1v) is 6.99. The molecule has 96 valence electrons. The molecule has 0 fully saturated rings. The van der Waals surface area contributed by atoms with Crippen molar-refractivity contribution in [3.8, 4) is 0 Å². The monoisotopic (exact) mass is 261 g/mol. The minimum Gasteiger partial charge on any atom is -0.383 e. The fourth-order valence-corrected chi connectivity index (χ4v) is 2.71. The lowest BCUT2D eigenvalue weighted by Gasteiger charge is -2.22. The van der Waals surface area contributed by atoms with Crippen molar-refractivity contribution in [1.82, 2.24) is 5.32 Å². The molecule has 2 aromatic rings. The highest BCUT2D eigenvalue weighted by molar-refractivity contribution is 7.10. The molecule has 1 aromatic carbocycles. The summed E-state index contributed by atoms with van der Waals surface area (Å²) in [5.41, 5.74) is 1.76. The number of hydrogen-bond acceptors (Lipinski definition) is 3. The topological polar surface area (TPSA) is 32.3 Å². The van der Waals surface area contributed by atoms with Gasteiger partial charge in [0.05, 0.1) is 0 Å². The highest BCUT2D eigenvalue weighted by Gasteiger charge is 2.23. The van der Waals surface area contributed by atoms with E-state index in [0.717, 1.165) is 11.4 Å². The molecule has 0 spiro atoms. The van der Waals surface area contributed by atoms with Crippen molar-refractivity contribution < 1.29 is 5.11 Å². The fourth-order valence-electron chi connectivity index (χ4n) is 1.92. The molecule has 0 aliphatic carbocycles. The first-order valence-electron chi connectivity index (χ1n) is 6.11. The molecule has 2 N–H and O–H groups in total. The van der Waals surface area contributed by atoms with Gasteiger partial charge in [0, 0.05) is 18.0 Å². The number of benzene rings is 1. The molecule has 0 radical (unpaired) electrons. The van der Waals surface area contributed by atoms with E-state index in [4.69, 9.17) is 0 Å². The van der Waals surface area contributed by atoms with Crippen LogP contribution in [0.2, 0.25) is 0 Å². The van der Waals surface area contributed by atoms with Crippen LogP contribution in [0.15, 0.2) is 41.8 Å². The molecule has 0 amide bonds. The quantitative estimate of drug-likeness (QED) is 0.867. The van der Waals surface area contributed by atoms with E-state index in [0.29, 0.717) is 6.54 Å². The van der Waals surface area contributed by atoms with Crippen molar-refractivity contribution in [2.45, 2.75) is 26.0 Å². The lowest BCUT2D eigenvalue weighted by atomic mass is 10.0. The Morgan fingerprint density at radius 3 is 2.67 bits per heavy atom. The summed E-state index contributed by atoms with van der Waals surface area (Å²) in [5.74, 6) is 0. The van der Waals surface area contributed by atoms with Crippen LogP contribution in [0.5, 0.6) is 0 Å². The Hall–Kier alpha value is -1.16. The summed E-state index contributed by atoms with van der Waals surface area (Å²) in [4.78, 5) is 1.000. The second-order valence-corrected chi connectivity index (χ2v) is 5.73. The lowest BCUT2D eigenvalue weighted by Crippen LogP contribution is -2.34. The molecule has 2 nitrogen and oxygen atoms in total. The van der Waals surface area contributed by atoms with Crippen LogP contribution in [0.25, 0.3) is 0 Å². The summed E-state index contributed by atoms with van der Waals surface area (Å²) in [6.45, 7) is 5.30. The second-order valence-electron chi connectivity index (χ2n) is 4.78. The summed E-state index contributed by atoms with van der Waals surface area (Å²) in [7, 11) is 0. The van der Waals surface area contributed by atoms with Gasteiger partial charge in [-0.25, -0.2) is 0 Å². The van der Waals surface area contributed by atoms with Gasteiger partial charge >= 0.3 is 0 Å². The van der Waals surface area contributed by atoms with Gasteiger partial charge in [-0.1, -0.05) is 30.3 Å². The Kier molecular flexibility index (Phi) is 4.17. The molecule has 0 aliphatic heterocycles. The Bertz CT molecular complexity index is 491. The zero-order valence-electron chi connectivity index (χ0n) is 10.8. The van der Waals surface area contributed by atoms with Crippen LogP contribution in [0.3, 0.4) is 0 Å². The molecular weight excluding hydrogens is 242 g/mol. The predicted molar refractivity (Wildman–Crippen MR) is 76.8 cm³/mol. The molecule has 0 bridgehead atoms. The van der Waals surface area contributed by atoms with Gasteiger partial charge in [0.15, 0.2) is 0 Å². The first-order chi connectivity index (χ1) is 8.59. The van der Waals surface area contributed by atoms with Crippen molar-refractivity contribution >= 4 is 11.3 Å². The van der Waals surface area contributed by atoms with Crippen LogP contribution in [0, 0.1) is 6.92 Å². The normalized spacial score (nSPS) is 14.4. The molecule has 0 saturated carbocycles. The summed E-state index contributed by atoms with van der Waals surface area (Å²) >= 11 is 1.59. The average molecular weight is 261 g/mol. The van der Waals surface area contributed by atoms with Crippen molar-refractivity contribution in [3.63, 3.8) is 0 Å². The third kappa shape index (κ3) is 3.19. The van der Waals surface area contributed by atoms with E-state index < -0.39 is 5.60 Å². The van der Waals surface area contributed by atoms with Gasteiger partial charge in [-0.05, 0) is 36.4 Å². The number of nitrogens with one attached hydrogen (secondary N) is 1. The third-order valence-electron chi connectivity index (χ3n) is 3.10. The molecule has 1 unspecified atom stereocenters. The fraction of sp³-hybridized carbons (Fsp3) is 0.333. The zero-order chi connectivity index (χ0) is 13.0. The van der Waals surface area contributed by atoms with E-state index in [1.807, 2.05) is 36.6 Å². The van der Waals surface area contributed by atoms with Gasteiger partial charge in [0.1, 0.15) is 5.60 Å². The van der Waals surface area contributed by atoms with Gasteiger partial charge in [-0.3, -0.25) is 0 Å². The van der Waals surface area contributed by atoms with E-state index in [2.05, 4.69) is 24.4 Å². The predicted octanol–water partition coefficient (Wildman–Crippen LogP) is 3.05. The summed E-state index contributed by atoms with van der Waals surface area (Å²) in [6.07, 6.45) is 0. The van der Waals surface area contributed by atoms with Crippen LogP contribution in [-0.4, -0.2) is 11.7 Å². The molecule has 3 heteroatoms. The first kappa shape index (κ1) is 13.3. The van der Waals surface area contributed by atoms with Crippen LogP contribution in [0.1, 0.15) is 22.9 Å². The number of hydrogen-bond donors (Lipinski definition) is 2. The van der Waals surface area contributed by atoms with Crippen molar-refractivity contribution in [2.75, 3.05) is 6.54 Å². The summed E-state index contributed by atoms with van der Waals surface area (Å²) in [6, 6.07) is 12.2. The molecule has 1 aromatic heterocycles. The number of rotatable bonds is 5. The van der Waals surface area contributed by atoms with Crippen LogP contribution in [0.4, 0.5) is 0 Å². The molecule has 18 heavy (non-hydrogen) atoms. The highest BCUT2D eigenvalue weighted by atomic mass is 32.1. The van der Waals surface area contributed by atoms with E-state index in [1.54, 1.807) is 11.3 Å². The van der Waals surface area contributed by atoms with Gasteiger partial charge in [0.25, 0.3) is 0 Å². The van der Waals surface area contributed by atoms with Gasteiger partial charge in [-0.15, -0.1) is 11.3 Å². The van der Waals surface area contributed by atoms with Crippen molar-refractivity contribution in [1.29, 1.82) is 0 Å². The minimum atomic E-state index is -0.795. The van der Waals surface area contributed by atoms with Crippen LogP contribution < -0.4 is 5.32 Å². The second kappa shape index (κ2) is 5.65. The lowest BCUT2D eigenvalue weighted by molar-refractivity contribution is 0.0604. The Morgan fingerprint density at radius 1 is 1.22 bits per heavy atom. The zero-order valence-corrected chi connectivity index (χ0v) is 11.6. The SMILES string of the molecule is Cc1ccccc1CNCC(C)(O)c1cccs1. The molecule has 1 atom stereocenters. The Balaban J connectivity index is 1.91. The van der Waals surface area contributed by atoms with E-state index in [9.17, 15) is 5.11 Å². The number of thiophene rings is 1. The minimum absolute atomic E-state index is 0.557. The molecule has 0 aliphatic rings. The molecule has 1 heterocycles. The summed E-state index contributed by atoms with van der Waals surface area (Å²) in [5, 5.41) is 15.7. The maximum Gasteiger partial charge on any atom is 0.108 e. The average Bonchev–Trinajstić information content (AvgIpc) is 2.86. The molecule has 0 saturated heterocycles. The van der Waals surface area contributed by atoms with E-state index in [-0.39, 0.29) is 0 Å². The van der Waals surface area contributed by atoms with Gasteiger partial charge < -0.3 is 10.4 Å². The van der Waals surface area contributed by atoms with Crippen molar-refractivity contribution in [2.24, 2.45) is 0 Å². The van der Waals surface area contributed by atoms with Crippen LogP contribution in [-0.2, 0) is 12.1 Å². The Labute approximate surface area is 112 Å². The smallest absolute Gasteiger partial charge is 0.108 e. The number of aliphatic hydroxyl groups is 1. The third-order valence-corrected chi connectivity index (χ3v) is 4.22. The van der Waals surface area contributed by atoms with Crippen LogP contribution >= 0.6 is 11.3 Å². The largest absolute Gasteiger partial charge is 0.383 e. The molecule has 2 rings (SSSR count). The maximum absolute atomic E-state index is 10.4. The highest BCUT2D eigenvalue weighted by Crippen LogP contribution is 2.24. The standard InChI is InChI=1S/C15H19NOS/c1-12-6-3-4-7-13(12)10-16-11-15(2,17)14-8-5-9-18-14/h3-9,16-17H,10-11H2,1-2H3. The van der Waals surface area contributed by atoms with Crippen molar-refractivity contribution in [3.05, 3.63) is 57.8 Å². The molecular formula is C15H19NOS. The van der Waals surface area contributed by atoms with Gasteiger partial charge in [-0.2, -0.15) is 0 Å². The van der Waals surface area contributed by atoms with E-state index >= 15 is 0 Å². The maximum atomic E-state index is 10.4. The van der Waals surface area contributed by atoms with E-state index in [1.165, 1.54) is 11.1 Å². The summed E-state index contributed by atoms with van der Waals surface area (Å²) < 4.78 is 0. The van der Waals surface area contributed by atoms with Gasteiger partial charge in [0.2, 0.25) is 0 Å². The Morgan fingerprint density at radius 2 is 2.00 bits per heavy atom. The number of aryl methyl sites for hydroxylation is 1.